The number of carbonyl (C=O) groups excluding carboxylic acids is 2. The van der Waals surface area contributed by atoms with E-state index in [1.54, 1.807) is 0 Å². The molecule has 0 radical (unpaired) electrons. The fourth-order valence-electron chi connectivity index (χ4n) is 2.84. The van der Waals surface area contributed by atoms with Crippen molar-refractivity contribution in [3.63, 3.8) is 0 Å². The third kappa shape index (κ3) is 5.17. The molecule has 1 aliphatic heterocycles. The van der Waals surface area contributed by atoms with Crippen molar-refractivity contribution in [1.29, 1.82) is 0 Å². The maximum Gasteiger partial charge on any atom is 0.283 e. The van der Waals surface area contributed by atoms with Gasteiger partial charge in [-0.3, -0.25) is 19.7 Å². The van der Waals surface area contributed by atoms with Crippen molar-refractivity contribution in [2.75, 3.05) is 32.4 Å². The van der Waals surface area contributed by atoms with Gasteiger partial charge in [0.1, 0.15) is 0 Å². The summed E-state index contributed by atoms with van der Waals surface area (Å²) in [6.07, 6.45) is 1.93. The second kappa shape index (κ2) is 8.82. The molecule has 0 bridgehead atoms. The summed E-state index contributed by atoms with van der Waals surface area (Å²) in [4.78, 5) is 36.3. The number of thioether (sulfide) groups is 1. The van der Waals surface area contributed by atoms with Gasteiger partial charge in [-0.15, -0.1) is 11.8 Å². The highest BCUT2D eigenvalue weighted by atomic mass is 32.2. The Kier molecular flexibility index (Phi) is 6.77. The standard InChI is InChI=1S/C16H22N4O4S/c1-18-9-11-4-6-19(7-5-11)15(21)10-25-14-3-2-12(16(17)22)8-13(14)20(23)24/h2-3,8,11,18H,4-7,9-10H2,1H3,(H2,17,22). The first-order chi connectivity index (χ1) is 11.9. The first kappa shape index (κ1) is 19.2. The predicted octanol–water partition coefficient (Wildman–Crippen LogP) is 1.24. The van der Waals surface area contributed by atoms with E-state index in [2.05, 4.69) is 5.32 Å². The van der Waals surface area contributed by atoms with Crippen LogP contribution in [0.25, 0.3) is 0 Å². The molecule has 1 aromatic rings. The van der Waals surface area contributed by atoms with Gasteiger partial charge in [-0.2, -0.15) is 0 Å². The molecule has 25 heavy (non-hydrogen) atoms. The van der Waals surface area contributed by atoms with Crippen LogP contribution in [0, 0.1) is 16.0 Å². The van der Waals surface area contributed by atoms with Crippen LogP contribution in [0.15, 0.2) is 23.1 Å². The Morgan fingerprint density at radius 3 is 2.64 bits per heavy atom. The molecule has 0 aliphatic carbocycles. The fourth-order valence-corrected chi connectivity index (χ4v) is 3.75. The van der Waals surface area contributed by atoms with E-state index in [1.165, 1.54) is 12.1 Å². The van der Waals surface area contributed by atoms with Crippen molar-refractivity contribution in [3.8, 4) is 0 Å². The normalized spacial score (nSPS) is 15.2. The average molecular weight is 366 g/mol. The van der Waals surface area contributed by atoms with E-state index in [-0.39, 0.29) is 22.9 Å². The number of nitro groups is 1. The van der Waals surface area contributed by atoms with E-state index in [0.717, 1.165) is 37.2 Å². The van der Waals surface area contributed by atoms with E-state index in [1.807, 2.05) is 11.9 Å². The SMILES string of the molecule is CNCC1CCN(C(=O)CSc2ccc(C(N)=O)cc2[N+](=O)[O-])CC1. The third-order valence-corrected chi connectivity index (χ3v) is 5.30. The molecule has 2 amide bonds. The molecule has 2 rings (SSSR count). The Labute approximate surface area is 150 Å². The van der Waals surface area contributed by atoms with Gasteiger partial charge < -0.3 is 16.0 Å². The number of nitrogens with two attached hydrogens (primary N) is 1. The zero-order chi connectivity index (χ0) is 18.4. The first-order valence-electron chi connectivity index (χ1n) is 8.05. The van der Waals surface area contributed by atoms with Crippen LogP contribution in [0.5, 0.6) is 0 Å². The zero-order valence-electron chi connectivity index (χ0n) is 14.1. The molecule has 1 aliphatic rings. The van der Waals surface area contributed by atoms with Crippen molar-refractivity contribution in [2.24, 2.45) is 11.7 Å². The van der Waals surface area contributed by atoms with Gasteiger partial charge in [-0.1, -0.05) is 0 Å². The number of likely N-dealkylation sites (tertiary alicyclic amines) is 1. The van der Waals surface area contributed by atoms with Crippen molar-refractivity contribution in [1.82, 2.24) is 10.2 Å². The molecule has 1 heterocycles. The number of hydrogen-bond acceptors (Lipinski definition) is 6. The number of rotatable bonds is 7. The zero-order valence-corrected chi connectivity index (χ0v) is 14.9. The molecule has 9 heteroatoms. The van der Waals surface area contributed by atoms with Gasteiger partial charge in [0.25, 0.3) is 5.69 Å². The molecule has 1 saturated heterocycles. The minimum atomic E-state index is -0.722. The number of hydrogen-bond donors (Lipinski definition) is 2. The number of amides is 2. The van der Waals surface area contributed by atoms with Crippen LogP contribution in [0.2, 0.25) is 0 Å². The summed E-state index contributed by atoms with van der Waals surface area (Å²) in [5, 5.41) is 14.3. The monoisotopic (exact) mass is 366 g/mol. The number of piperidine rings is 1. The maximum atomic E-state index is 12.3. The van der Waals surface area contributed by atoms with Crippen LogP contribution in [0.1, 0.15) is 23.2 Å². The summed E-state index contributed by atoms with van der Waals surface area (Å²) in [7, 11) is 1.92. The number of nitro benzene ring substituents is 1. The summed E-state index contributed by atoms with van der Waals surface area (Å²) in [5.74, 6) is -0.0292. The molecule has 1 aromatic carbocycles. The fraction of sp³-hybridized carbons (Fsp3) is 0.500. The van der Waals surface area contributed by atoms with Gasteiger partial charge in [-0.25, -0.2) is 0 Å². The molecular formula is C16H22N4O4S. The van der Waals surface area contributed by atoms with Crippen molar-refractivity contribution in [2.45, 2.75) is 17.7 Å². The molecule has 0 aromatic heterocycles. The van der Waals surface area contributed by atoms with Crippen LogP contribution in [-0.2, 0) is 4.79 Å². The number of benzene rings is 1. The topological polar surface area (TPSA) is 119 Å². The van der Waals surface area contributed by atoms with Gasteiger partial charge in [0.05, 0.1) is 15.6 Å². The second-order valence-corrected chi connectivity index (χ2v) is 6.99. The van der Waals surface area contributed by atoms with Gasteiger partial charge >= 0.3 is 0 Å². The summed E-state index contributed by atoms with van der Waals surface area (Å²) in [6, 6.07) is 4.05. The van der Waals surface area contributed by atoms with Crippen molar-refractivity contribution >= 4 is 29.3 Å². The summed E-state index contributed by atoms with van der Waals surface area (Å²) >= 11 is 1.11. The maximum absolute atomic E-state index is 12.3. The Bertz CT molecular complexity index is 660. The lowest BCUT2D eigenvalue weighted by atomic mass is 9.97. The Morgan fingerprint density at radius 1 is 1.40 bits per heavy atom. The largest absolute Gasteiger partial charge is 0.366 e. The van der Waals surface area contributed by atoms with Crippen LogP contribution in [0.4, 0.5) is 5.69 Å². The van der Waals surface area contributed by atoms with Crippen LogP contribution in [-0.4, -0.2) is 54.1 Å². The van der Waals surface area contributed by atoms with E-state index < -0.39 is 10.8 Å². The molecule has 8 nitrogen and oxygen atoms in total. The molecule has 0 atom stereocenters. The Balaban J connectivity index is 1.96. The molecule has 136 valence electrons. The number of nitrogens with zero attached hydrogens (tertiary/aromatic N) is 2. The average Bonchev–Trinajstić information content (AvgIpc) is 2.60. The highest BCUT2D eigenvalue weighted by Crippen LogP contribution is 2.30. The number of primary amides is 1. The number of nitrogens with one attached hydrogen (secondary N) is 1. The van der Waals surface area contributed by atoms with Gasteiger partial charge in [0.2, 0.25) is 11.8 Å². The lowest BCUT2D eigenvalue weighted by Gasteiger charge is -2.31. The van der Waals surface area contributed by atoms with E-state index in [4.69, 9.17) is 5.73 Å². The number of carbonyl (C=O) groups is 2. The van der Waals surface area contributed by atoms with Crippen molar-refractivity contribution in [3.05, 3.63) is 33.9 Å². The van der Waals surface area contributed by atoms with E-state index >= 15 is 0 Å². The van der Waals surface area contributed by atoms with E-state index in [0.29, 0.717) is 23.9 Å². The summed E-state index contributed by atoms with van der Waals surface area (Å²) in [6.45, 7) is 2.39. The minimum Gasteiger partial charge on any atom is -0.366 e. The molecule has 0 unspecified atom stereocenters. The van der Waals surface area contributed by atoms with Gasteiger partial charge in [-0.05, 0) is 44.5 Å². The molecular weight excluding hydrogens is 344 g/mol. The Hall–Kier alpha value is -2.13. The quantitative estimate of drug-likeness (QED) is 0.426. The van der Waals surface area contributed by atoms with Crippen molar-refractivity contribution < 1.29 is 14.5 Å². The summed E-state index contributed by atoms with van der Waals surface area (Å²) in [5.41, 5.74) is 5.02. The summed E-state index contributed by atoms with van der Waals surface area (Å²) < 4.78 is 0. The van der Waals surface area contributed by atoms with Gasteiger partial charge in [0, 0.05) is 24.7 Å². The molecule has 3 N–H and O–H groups in total. The van der Waals surface area contributed by atoms with Crippen LogP contribution in [0.3, 0.4) is 0 Å². The third-order valence-electron chi connectivity index (χ3n) is 4.25. The lowest BCUT2D eigenvalue weighted by Crippen LogP contribution is -2.41. The smallest absolute Gasteiger partial charge is 0.283 e. The van der Waals surface area contributed by atoms with E-state index in [9.17, 15) is 19.7 Å². The highest BCUT2D eigenvalue weighted by molar-refractivity contribution is 8.00. The van der Waals surface area contributed by atoms with Gasteiger partial charge in [0.15, 0.2) is 0 Å². The van der Waals surface area contributed by atoms with Crippen LogP contribution < -0.4 is 11.1 Å². The predicted molar refractivity (Wildman–Crippen MR) is 95.6 cm³/mol. The second-order valence-electron chi connectivity index (χ2n) is 5.97. The molecule has 0 spiro atoms. The lowest BCUT2D eigenvalue weighted by molar-refractivity contribution is -0.387. The first-order valence-corrected chi connectivity index (χ1v) is 9.04. The minimum absolute atomic E-state index is 0.0267. The van der Waals surface area contributed by atoms with Crippen LogP contribution >= 0.6 is 11.8 Å². The highest BCUT2D eigenvalue weighted by Gasteiger charge is 2.23. The molecule has 1 fully saturated rings. The Morgan fingerprint density at radius 2 is 2.08 bits per heavy atom. The molecule has 0 saturated carbocycles.